The minimum absolute atomic E-state index is 0.0716. The summed E-state index contributed by atoms with van der Waals surface area (Å²) in [6.45, 7) is 2.07. The van der Waals surface area contributed by atoms with E-state index in [0.717, 1.165) is 12.8 Å². The molecule has 1 aliphatic rings. The standard InChI is InChI=1S/C12H14N2O4/c1-2-7-5-10(7)13-11-6-8(14(17)18)3-4-9(11)12(15)16/h3-4,6-7,10,13H,2,5H2,1H3,(H,15,16). The van der Waals surface area contributed by atoms with Crippen LogP contribution in [-0.2, 0) is 0 Å². The highest BCUT2D eigenvalue weighted by atomic mass is 16.6. The van der Waals surface area contributed by atoms with E-state index in [4.69, 9.17) is 5.11 Å². The summed E-state index contributed by atoms with van der Waals surface area (Å²) in [5.74, 6) is -0.549. The van der Waals surface area contributed by atoms with E-state index in [1.54, 1.807) is 0 Å². The average Bonchev–Trinajstić information content (AvgIpc) is 3.07. The summed E-state index contributed by atoms with van der Waals surface area (Å²) >= 11 is 0. The molecule has 1 aliphatic carbocycles. The molecule has 2 N–H and O–H groups in total. The highest BCUT2D eigenvalue weighted by Crippen LogP contribution is 2.37. The van der Waals surface area contributed by atoms with Crippen LogP contribution in [0, 0.1) is 16.0 Å². The topological polar surface area (TPSA) is 92.5 Å². The molecule has 0 radical (unpaired) electrons. The van der Waals surface area contributed by atoms with E-state index >= 15 is 0 Å². The largest absolute Gasteiger partial charge is 0.478 e. The van der Waals surface area contributed by atoms with Gasteiger partial charge in [-0.2, -0.15) is 0 Å². The Morgan fingerprint density at radius 3 is 2.83 bits per heavy atom. The molecule has 18 heavy (non-hydrogen) atoms. The van der Waals surface area contributed by atoms with Crippen molar-refractivity contribution in [3.63, 3.8) is 0 Å². The lowest BCUT2D eigenvalue weighted by atomic mass is 10.1. The summed E-state index contributed by atoms with van der Waals surface area (Å²) < 4.78 is 0. The fraction of sp³-hybridized carbons (Fsp3) is 0.417. The van der Waals surface area contributed by atoms with Crippen LogP contribution in [0.1, 0.15) is 30.1 Å². The van der Waals surface area contributed by atoms with Crippen molar-refractivity contribution < 1.29 is 14.8 Å². The summed E-state index contributed by atoms with van der Waals surface area (Å²) in [6, 6.07) is 3.99. The first-order valence-corrected chi connectivity index (χ1v) is 5.81. The maximum Gasteiger partial charge on any atom is 0.337 e. The number of carboxylic acids is 1. The van der Waals surface area contributed by atoms with Crippen LogP contribution >= 0.6 is 0 Å². The number of nitrogens with one attached hydrogen (secondary N) is 1. The predicted octanol–water partition coefficient (Wildman–Crippen LogP) is 2.50. The molecule has 0 saturated heterocycles. The zero-order valence-corrected chi connectivity index (χ0v) is 9.92. The second kappa shape index (κ2) is 4.64. The van der Waals surface area contributed by atoms with Gasteiger partial charge in [0, 0.05) is 18.2 Å². The molecule has 1 aromatic rings. The third kappa shape index (κ3) is 2.42. The lowest BCUT2D eigenvalue weighted by molar-refractivity contribution is -0.384. The summed E-state index contributed by atoms with van der Waals surface area (Å²) in [7, 11) is 0. The van der Waals surface area contributed by atoms with Crippen LogP contribution in [0.25, 0.3) is 0 Å². The van der Waals surface area contributed by atoms with Gasteiger partial charge in [-0.1, -0.05) is 13.3 Å². The highest BCUT2D eigenvalue weighted by molar-refractivity contribution is 5.94. The predicted molar refractivity (Wildman–Crippen MR) is 65.9 cm³/mol. The first-order valence-electron chi connectivity index (χ1n) is 5.81. The van der Waals surface area contributed by atoms with E-state index in [1.165, 1.54) is 18.2 Å². The number of anilines is 1. The molecule has 0 spiro atoms. The van der Waals surface area contributed by atoms with Gasteiger partial charge in [0.2, 0.25) is 0 Å². The maximum atomic E-state index is 11.0. The monoisotopic (exact) mass is 250 g/mol. The van der Waals surface area contributed by atoms with Crippen molar-refractivity contribution >= 4 is 17.3 Å². The van der Waals surface area contributed by atoms with E-state index in [2.05, 4.69) is 12.2 Å². The van der Waals surface area contributed by atoms with Gasteiger partial charge in [0.15, 0.2) is 0 Å². The van der Waals surface area contributed by atoms with E-state index in [9.17, 15) is 14.9 Å². The van der Waals surface area contributed by atoms with Crippen molar-refractivity contribution in [1.82, 2.24) is 0 Å². The molecule has 6 heteroatoms. The van der Waals surface area contributed by atoms with E-state index in [-0.39, 0.29) is 17.3 Å². The molecule has 1 aromatic carbocycles. The molecule has 6 nitrogen and oxygen atoms in total. The van der Waals surface area contributed by atoms with E-state index in [1.807, 2.05) is 0 Å². The first kappa shape index (κ1) is 12.3. The van der Waals surface area contributed by atoms with Gasteiger partial charge in [-0.3, -0.25) is 10.1 Å². The van der Waals surface area contributed by atoms with Crippen molar-refractivity contribution in [2.24, 2.45) is 5.92 Å². The molecule has 1 fully saturated rings. The molecule has 2 atom stereocenters. The fourth-order valence-electron chi connectivity index (χ4n) is 2.03. The van der Waals surface area contributed by atoms with Crippen LogP contribution in [0.15, 0.2) is 18.2 Å². The van der Waals surface area contributed by atoms with Crippen molar-refractivity contribution in [2.75, 3.05) is 5.32 Å². The van der Waals surface area contributed by atoms with Gasteiger partial charge in [0.05, 0.1) is 16.2 Å². The minimum atomic E-state index is -1.08. The van der Waals surface area contributed by atoms with Crippen molar-refractivity contribution in [1.29, 1.82) is 0 Å². The average molecular weight is 250 g/mol. The van der Waals surface area contributed by atoms with Gasteiger partial charge >= 0.3 is 5.97 Å². The molecule has 0 aromatic heterocycles. The third-order valence-electron chi connectivity index (χ3n) is 3.23. The fourth-order valence-corrected chi connectivity index (χ4v) is 2.03. The minimum Gasteiger partial charge on any atom is -0.478 e. The van der Waals surface area contributed by atoms with Crippen LogP contribution in [0.4, 0.5) is 11.4 Å². The number of nitrogens with zero attached hydrogens (tertiary/aromatic N) is 1. The highest BCUT2D eigenvalue weighted by Gasteiger charge is 2.36. The first-order chi connectivity index (χ1) is 8.52. The Morgan fingerprint density at radius 1 is 1.61 bits per heavy atom. The van der Waals surface area contributed by atoms with Gasteiger partial charge < -0.3 is 10.4 Å². The molecule has 0 aliphatic heterocycles. The number of carbonyl (C=O) groups is 1. The van der Waals surface area contributed by atoms with Crippen molar-refractivity contribution in [2.45, 2.75) is 25.8 Å². The number of nitro groups is 1. The van der Waals surface area contributed by atoms with Gasteiger partial charge in [-0.25, -0.2) is 4.79 Å². The molecule has 1 saturated carbocycles. The summed E-state index contributed by atoms with van der Waals surface area (Å²) in [6.07, 6.45) is 2.01. The van der Waals surface area contributed by atoms with Gasteiger partial charge in [0.1, 0.15) is 0 Å². The number of aromatic carboxylic acids is 1. The SMILES string of the molecule is CCC1CC1Nc1cc([N+](=O)[O-])ccc1C(=O)O. The zero-order valence-electron chi connectivity index (χ0n) is 9.92. The quantitative estimate of drug-likeness (QED) is 0.618. The summed E-state index contributed by atoms with van der Waals surface area (Å²) in [5.41, 5.74) is 0.302. The Kier molecular flexibility index (Phi) is 3.18. The van der Waals surface area contributed by atoms with Gasteiger partial charge in [-0.15, -0.1) is 0 Å². The third-order valence-corrected chi connectivity index (χ3v) is 3.23. The molecule has 0 heterocycles. The van der Waals surface area contributed by atoms with Crippen molar-refractivity contribution in [3.05, 3.63) is 33.9 Å². The number of rotatable bonds is 5. The number of nitro benzene ring substituents is 1. The lowest BCUT2D eigenvalue weighted by Crippen LogP contribution is -2.10. The molecule has 2 rings (SSSR count). The number of non-ortho nitro benzene ring substituents is 1. The Bertz CT molecular complexity index is 501. The Hall–Kier alpha value is -2.11. The Morgan fingerprint density at radius 2 is 2.33 bits per heavy atom. The number of hydrogen-bond donors (Lipinski definition) is 2. The lowest BCUT2D eigenvalue weighted by Gasteiger charge is -2.08. The summed E-state index contributed by atoms with van der Waals surface area (Å²) in [5, 5.41) is 22.8. The molecule has 0 bridgehead atoms. The normalized spacial score (nSPS) is 21.4. The van der Waals surface area contributed by atoms with E-state index in [0.29, 0.717) is 11.6 Å². The molecular weight excluding hydrogens is 236 g/mol. The van der Waals surface area contributed by atoms with Crippen LogP contribution in [0.3, 0.4) is 0 Å². The maximum absolute atomic E-state index is 11.0. The molecular formula is C12H14N2O4. The molecule has 2 unspecified atom stereocenters. The number of hydrogen-bond acceptors (Lipinski definition) is 4. The van der Waals surface area contributed by atoms with Crippen molar-refractivity contribution in [3.8, 4) is 0 Å². The zero-order chi connectivity index (χ0) is 13.3. The summed E-state index contributed by atoms with van der Waals surface area (Å²) in [4.78, 5) is 21.2. The van der Waals surface area contributed by atoms with E-state index < -0.39 is 10.9 Å². The molecule has 0 amide bonds. The smallest absolute Gasteiger partial charge is 0.337 e. The molecule has 96 valence electrons. The van der Waals surface area contributed by atoms with Crippen LogP contribution in [0.2, 0.25) is 0 Å². The number of carboxylic acid groups (broad SMARTS) is 1. The van der Waals surface area contributed by atoms with Gasteiger partial charge in [0.25, 0.3) is 5.69 Å². The Balaban J connectivity index is 2.26. The second-order valence-electron chi connectivity index (χ2n) is 4.45. The van der Waals surface area contributed by atoms with Gasteiger partial charge in [-0.05, 0) is 18.4 Å². The second-order valence-corrected chi connectivity index (χ2v) is 4.45. The van der Waals surface area contributed by atoms with Crippen LogP contribution < -0.4 is 5.32 Å². The van der Waals surface area contributed by atoms with Crippen LogP contribution in [0.5, 0.6) is 0 Å². The number of benzene rings is 1. The van der Waals surface area contributed by atoms with Crippen LogP contribution in [-0.4, -0.2) is 22.0 Å². The Labute approximate surface area is 104 Å².